The van der Waals surface area contributed by atoms with Crippen molar-refractivity contribution in [2.45, 2.75) is 51.2 Å². The number of aliphatic hydroxyl groups excluding tert-OH is 1. The van der Waals surface area contributed by atoms with Crippen LogP contribution in [0.1, 0.15) is 39.0 Å². The van der Waals surface area contributed by atoms with Crippen molar-refractivity contribution in [2.24, 2.45) is 5.41 Å². The Morgan fingerprint density at radius 2 is 2.25 bits per heavy atom. The Morgan fingerprint density at radius 3 is 2.69 bits per heavy atom. The average molecular weight is 227 g/mol. The molecule has 1 heterocycles. The first kappa shape index (κ1) is 11.9. The monoisotopic (exact) mass is 227 g/mol. The lowest BCUT2D eigenvalue weighted by molar-refractivity contribution is -0.148. The van der Waals surface area contributed by atoms with Crippen molar-refractivity contribution in [3.8, 4) is 0 Å². The van der Waals surface area contributed by atoms with Gasteiger partial charge in [-0.15, -0.1) is 0 Å². The van der Waals surface area contributed by atoms with E-state index in [9.17, 15) is 15.0 Å². The second kappa shape index (κ2) is 4.34. The van der Waals surface area contributed by atoms with Crippen molar-refractivity contribution in [3.63, 3.8) is 0 Å². The molecule has 2 rings (SSSR count). The van der Waals surface area contributed by atoms with Crippen LogP contribution < -0.4 is 0 Å². The van der Waals surface area contributed by atoms with Gasteiger partial charge in [0.05, 0.1) is 11.5 Å². The normalized spacial score (nSPS) is 40.4. The van der Waals surface area contributed by atoms with E-state index in [2.05, 4.69) is 4.90 Å². The van der Waals surface area contributed by atoms with Crippen LogP contribution in [0.2, 0.25) is 0 Å². The number of hydrogen-bond donors (Lipinski definition) is 2. The first-order chi connectivity index (χ1) is 7.59. The highest BCUT2D eigenvalue weighted by molar-refractivity contribution is 5.75. The summed E-state index contributed by atoms with van der Waals surface area (Å²) in [5, 5.41) is 19.1. The third kappa shape index (κ3) is 1.84. The summed E-state index contributed by atoms with van der Waals surface area (Å²) < 4.78 is 0. The van der Waals surface area contributed by atoms with Gasteiger partial charge in [0.2, 0.25) is 0 Å². The molecule has 1 saturated carbocycles. The molecule has 0 bridgehead atoms. The third-order valence-electron chi connectivity index (χ3n) is 4.43. The van der Waals surface area contributed by atoms with E-state index in [1.165, 1.54) is 0 Å². The van der Waals surface area contributed by atoms with E-state index in [0.29, 0.717) is 13.0 Å². The van der Waals surface area contributed by atoms with Crippen molar-refractivity contribution in [2.75, 3.05) is 13.1 Å². The SMILES string of the molecule is CCC1(C(=O)O)CCN(C2CCCC2O)C1. The number of carboxylic acids is 1. The van der Waals surface area contributed by atoms with E-state index in [4.69, 9.17) is 0 Å². The molecule has 0 aromatic rings. The maximum Gasteiger partial charge on any atom is 0.310 e. The zero-order chi connectivity index (χ0) is 11.8. The summed E-state index contributed by atoms with van der Waals surface area (Å²) in [4.78, 5) is 13.5. The first-order valence-corrected chi connectivity index (χ1v) is 6.24. The molecule has 2 fully saturated rings. The predicted molar refractivity (Wildman–Crippen MR) is 60.2 cm³/mol. The molecule has 3 unspecified atom stereocenters. The van der Waals surface area contributed by atoms with Crippen molar-refractivity contribution in [3.05, 3.63) is 0 Å². The van der Waals surface area contributed by atoms with E-state index in [1.54, 1.807) is 0 Å². The van der Waals surface area contributed by atoms with Crippen LogP contribution in [-0.4, -0.2) is 46.3 Å². The van der Waals surface area contributed by atoms with E-state index in [1.807, 2.05) is 6.92 Å². The van der Waals surface area contributed by atoms with Crippen LogP contribution in [0.15, 0.2) is 0 Å². The van der Waals surface area contributed by atoms with Crippen molar-refractivity contribution in [1.29, 1.82) is 0 Å². The van der Waals surface area contributed by atoms with Crippen LogP contribution >= 0.6 is 0 Å². The fraction of sp³-hybridized carbons (Fsp3) is 0.917. The quantitative estimate of drug-likeness (QED) is 0.757. The minimum Gasteiger partial charge on any atom is -0.481 e. The summed E-state index contributed by atoms with van der Waals surface area (Å²) in [7, 11) is 0. The maximum atomic E-state index is 11.3. The fourth-order valence-corrected chi connectivity index (χ4v) is 3.15. The first-order valence-electron chi connectivity index (χ1n) is 6.24. The van der Waals surface area contributed by atoms with Crippen LogP contribution in [0.25, 0.3) is 0 Å². The smallest absolute Gasteiger partial charge is 0.310 e. The zero-order valence-electron chi connectivity index (χ0n) is 9.85. The maximum absolute atomic E-state index is 11.3. The van der Waals surface area contributed by atoms with Crippen molar-refractivity contribution < 1.29 is 15.0 Å². The number of likely N-dealkylation sites (tertiary alicyclic amines) is 1. The van der Waals surface area contributed by atoms with E-state index in [0.717, 1.165) is 32.2 Å². The molecule has 4 heteroatoms. The number of carbonyl (C=O) groups is 1. The van der Waals surface area contributed by atoms with Crippen LogP contribution in [0.4, 0.5) is 0 Å². The number of nitrogens with zero attached hydrogens (tertiary/aromatic N) is 1. The van der Waals surface area contributed by atoms with Crippen LogP contribution in [0.5, 0.6) is 0 Å². The number of hydrogen-bond acceptors (Lipinski definition) is 3. The molecule has 3 atom stereocenters. The summed E-state index contributed by atoms with van der Waals surface area (Å²) in [6.07, 6.45) is 4.10. The molecule has 2 aliphatic rings. The van der Waals surface area contributed by atoms with E-state index < -0.39 is 11.4 Å². The van der Waals surface area contributed by atoms with Crippen molar-refractivity contribution >= 4 is 5.97 Å². The second-order valence-corrected chi connectivity index (χ2v) is 5.23. The highest BCUT2D eigenvalue weighted by Crippen LogP contribution is 2.38. The van der Waals surface area contributed by atoms with Gasteiger partial charge in [-0.2, -0.15) is 0 Å². The largest absolute Gasteiger partial charge is 0.481 e. The lowest BCUT2D eigenvalue weighted by Crippen LogP contribution is -2.42. The topological polar surface area (TPSA) is 60.8 Å². The molecule has 1 aliphatic heterocycles. The summed E-state index contributed by atoms with van der Waals surface area (Å²) in [5.41, 5.74) is -0.567. The number of aliphatic carboxylic acids is 1. The molecule has 0 aromatic heterocycles. The predicted octanol–water partition coefficient (Wildman–Crippen LogP) is 1.09. The highest BCUT2D eigenvalue weighted by atomic mass is 16.4. The molecule has 0 radical (unpaired) electrons. The molecule has 0 aromatic carbocycles. The van der Waals surface area contributed by atoms with Gasteiger partial charge in [-0.3, -0.25) is 9.69 Å². The Balaban J connectivity index is 2.04. The van der Waals surface area contributed by atoms with Gasteiger partial charge in [-0.25, -0.2) is 0 Å². The minimum absolute atomic E-state index is 0.202. The van der Waals surface area contributed by atoms with Gasteiger partial charge in [0.15, 0.2) is 0 Å². The Morgan fingerprint density at radius 1 is 1.50 bits per heavy atom. The van der Waals surface area contributed by atoms with Crippen LogP contribution in [0, 0.1) is 5.41 Å². The molecular formula is C12H21NO3. The standard InChI is InChI=1S/C12H21NO3/c1-2-12(11(15)16)6-7-13(8-12)9-4-3-5-10(9)14/h9-10,14H,2-8H2,1H3,(H,15,16). The van der Waals surface area contributed by atoms with Gasteiger partial charge in [-0.05, 0) is 38.6 Å². The lowest BCUT2D eigenvalue weighted by Gasteiger charge is -2.29. The van der Waals surface area contributed by atoms with Gasteiger partial charge in [0.1, 0.15) is 0 Å². The minimum atomic E-state index is -0.676. The molecule has 0 spiro atoms. The molecule has 0 amide bonds. The fourth-order valence-electron chi connectivity index (χ4n) is 3.15. The summed E-state index contributed by atoms with van der Waals surface area (Å²) in [6, 6.07) is 0.202. The lowest BCUT2D eigenvalue weighted by atomic mass is 9.84. The van der Waals surface area contributed by atoms with Gasteiger partial charge in [-0.1, -0.05) is 6.92 Å². The molecule has 2 N–H and O–H groups in total. The molecule has 1 aliphatic carbocycles. The Kier molecular flexibility index (Phi) is 3.22. The zero-order valence-corrected chi connectivity index (χ0v) is 9.85. The number of carboxylic acid groups (broad SMARTS) is 1. The van der Waals surface area contributed by atoms with E-state index in [-0.39, 0.29) is 12.1 Å². The van der Waals surface area contributed by atoms with Gasteiger partial charge < -0.3 is 10.2 Å². The number of rotatable bonds is 3. The summed E-state index contributed by atoms with van der Waals surface area (Å²) >= 11 is 0. The Hall–Kier alpha value is -0.610. The second-order valence-electron chi connectivity index (χ2n) is 5.23. The van der Waals surface area contributed by atoms with Crippen LogP contribution in [0.3, 0.4) is 0 Å². The molecular weight excluding hydrogens is 206 g/mol. The average Bonchev–Trinajstić information content (AvgIpc) is 2.84. The third-order valence-corrected chi connectivity index (χ3v) is 4.43. The Bertz CT molecular complexity index is 281. The highest BCUT2D eigenvalue weighted by Gasteiger charge is 2.46. The summed E-state index contributed by atoms with van der Waals surface area (Å²) in [6.45, 7) is 3.38. The van der Waals surface area contributed by atoms with Gasteiger partial charge >= 0.3 is 5.97 Å². The molecule has 92 valence electrons. The van der Waals surface area contributed by atoms with Crippen LogP contribution in [-0.2, 0) is 4.79 Å². The summed E-state index contributed by atoms with van der Waals surface area (Å²) in [5.74, 6) is -0.676. The van der Waals surface area contributed by atoms with Crippen molar-refractivity contribution in [1.82, 2.24) is 4.90 Å². The molecule has 16 heavy (non-hydrogen) atoms. The van der Waals surface area contributed by atoms with E-state index >= 15 is 0 Å². The molecule has 4 nitrogen and oxygen atoms in total. The van der Waals surface area contributed by atoms with Gasteiger partial charge in [0, 0.05) is 12.6 Å². The van der Waals surface area contributed by atoms with Gasteiger partial charge in [0.25, 0.3) is 0 Å². The number of aliphatic hydroxyl groups is 1. The molecule has 1 saturated heterocycles. The Labute approximate surface area is 96.3 Å².